The Morgan fingerprint density at radius 1 is 0.968 bits per heavy atom. The molecule has 3 aromatic heterocycles. The molecule has 154 valence electrons. The Morgan fingerprint density at radius 2 is 1.81 bits per heavy atom. The predicted molar refractivity (Wildman–Crippen MR) is 112 cm³/mol. The fourth-order valence-electron chi connectivity index (χ4n) is 3.37. The molecule has 3 heterocycles. The maximum Gasteiger partial charge on any atom is 0.336 e. The summed E-state index contributed by atoms with van der Waals surface area (Å²) in [5.41, 5.74) is 3.07. The van der Waals surface area contributed by atoms with Crippen molar-refractivity contribution >= 4 is 11.0 Å². The first kappa shape index (κ1) is 18.8. The Hall–Kier alpha value is -4.20. The molecule has 0 aliphatic heterocycles. The van der Waals surface area contributed by atoms with Crippen molar-refractivity contribution in [2.45, 2.75) is 20.5 Å². The summed E-state index contributed by atoms with van der Waals surface area (Å²) < 4.78 is 22.2. The molecule has 5 aromatic rings. The fourth-order valence-corrected chi connectivity index (χ4v) is 3.37. The molecule has 0 spiro atoms. The van der Waals surface area contributed by atoms with Crippen molar-refractivity contribution in [3.05, 3.63) is 82.2 Å². The lowest BCUT2D eigenvalue weighted by Gasteiger charge is -2.05. The van der Waals surface area contributed by atoms with E-state index in [1.807, 2.05) is 43.3 Å². The fraction of sp³-hybridized carbons (Fsp3) is 0.130. The molecule has 2 aromatic carbocycles. The minimum Gasteiger partial charge on any atom is -0.484 e. The molecular weight excluding hydrogens is 398 g/mol. The lowest BCUT2D eigenvalue weighted by atomic mass is 10.1. The first-order chi connectivity index (χ1) is 15.1. The molecule has 0 aliphatic carbocycles. The highest BCUT2D eigenvalue weighted by Crippen LogP contribution is 2.33. The van der Waals surface area contributed by atoms with Crippen LogP contribution < -0.4 is 10.4 Å². The normalized spacial score (nSPS) is 11.2. The summed E-state index contributed by atoms with van der Waals surface area (Å²) in [5.74, 6) is 1.69. The molecule has 5 rings (SSSR count). The summed E-state index contributed by atoms with van der Waals surface area (Å²) in [5, 5.41) is 13.2. The number of fused-ring (bicyclic) bond motifs is 1. The van der Waals surface area contributed by atoms with Crippen molar-refractivity contribution in [1.82, 2.24) is 15.4 Å². The van der Waals surface area contributed by atoms with Gasteiger partial charge < -0.3 is 18.1 Å². The van der Waals surface area contributed by atoms with Crippen LogP contribution in [0.4, 0.5) is 0 Å². The van der Waals surface area contributed by atoms with E-state index in [1.165, 1.54) is 6.07 Å². The van der Waals surface area contributed by atoms with Gasteiger partial charge in [-0.15, -0.1) is 10.2 Å². The number of hydrogen-bond donors (Lipinski definition) is 0. The van der Waals surface area contributed by atoms with Gasteiger partial charge in [0.25, 0.3) is 11.8 Å². The van der Waals surface area contributed by atoms with Crippen molar-refractivity contribution in [1.29, 1.82) is 0 Å². The first-order valence-corrected chi connectivity index (χ1v) is 9.60. The number of nitrogens with zero attached hydrogens (tertiary/aromatic N) is 3. The van der Waals surface area contributed by atoms with E-state index in [4.69, 9.17) is 18.1 Å². The molecule has 0 atom stereocenters. The highest BCUT2D eigenvalue weighted by atomic mass is 16.5. The van der Waals surface area contributed by atoms with E-state index in [0.29, 0.717) is 40.1 Å². The second kappa shape index (κ2) is 7.56. The van der Waals surface area contributed by atoms with Crippen molar-refractivity contribution in [3.8, 4) is 28.5 Å². The number of hydrogen-bond acceptors (Lipinski definition) is 8. The number of rotatable bonds is 5. The summed E-state index contributed by atoms with van der Waals surface area (Å²) in [6.45, 7) is 3.70. The van der Waals surface area contributed by atoms with E-state index in [-0.39, 0.29) is 6.61 Å². The molecule has 8 heteroatoms. The molecule has 31 heavy (non-hydrogen) atoms. The van der Waals surface area contributed by atoms with Gasteiger partial charge in [0, 0.05) is 23.1 Å². The Balaban J connectivity index is 1.39. The summed E-state index contributed by atoms with van der Waals surface area (Å²) in [7, 11) is 0. The van der Waals surface area contributed by atoms with Gasteiger partial charge in [0.15, 0.2) is 6.61 Å². The van der Waals surface area contributed by atoms with E-state index in [9.17, 15) is 4.79 Å². The van der Waals surface area contributed by atoms with Gasteiger partial charge in [-0.2, -0.15) is 0 Å². The average Bonchev–Trinajstić information content (AvgIpc) is 3.38. The summed E-state index contributed by atoms with van der Waals surface area (Å²) in [4.78, 5) is 11.6. The molecule has 0 bridgehead atoms. The number of aromatic nitrogens is 3. The SMILES string of the molecule is Cc1onc(-c2ccccc2)c1-c1nnc(COc2ccc3c(C)cc(=O)oc3c2)o1. The lowest BCUT2D eigenvalue weighted by molar-refractivity contribution is 0.264. The van der Waals surface area contributed by atoms with Gasteiger partial charge in [0.1, 0.15) is 28.4 Å². The quantitative estimate of drug-likeness (QED) is 0.381. The monoisotopic (exact) mass is 415 g/mol. The molecule has 0 saturated heterocycles. The van der Waals surface area contributed by atoms with Gasteiger partial charge >= 0.3 is 5.63 Å². The molecular formula is C23H17N3O5. The largest absolute Gasteiger partial charge is 0.484 e. The first-order valence-electron chi connectivity index (χ1n) is 9.60. The van der Waals surface area contributed by atoms with Crippen molar-refractivity contribution in [2.75, 3.05) is 0 Å². The Morgan fingerprint density at radius 3 is 2.65 bits per heavy atom. The minimum absolute atomic E-state index is 0.0551. The zero-order chi connectivity index (χ0) is 21.4. The summed E-state index contributed by atoms with van der Waals surface area (Å²) >= 11 is 0. The lowest BCUT2D eigenvalue weighted by Crippen LogP contribution is -1.99. The standard InChI is InChI=1S/C23H17N3O5/c1-13-10-20(27)29-18-11-16(8-9-17(13)18)28-12-19-24-25-23(30-19)21-14(2)31-26-22(21)15-6-4-3-5-7-15/h3-11H,12H2,1-2H3. The van der Waals surface area contributed by atoms with Crippen molar-refractivity contribution in [3.63, 3.8) is 0 Å². The van der Waals surface area contributed by atoms with Gasteiger partial charge in [-0.1, -0.05) is 35.5 Å². The Labute approximate surface area is 176 Å². The number of aryl methyl sites for hydroxylation is 2. The zero-order valence-electron chi connectivity index (χ0n) is 16.8. The van der Waals surface area contributed by atoms with Gasteiger partial charge in [-0.25, -0.2) is 4.79 Å². The predicted octanol–water partition coefficient (Wildman–Crippen LogP) is 4.69. The van der Waals surface area contributed by atoms with Crippen molar-refractivity contribution in [2.24, 2.45) is 0 Å². The van der Waals surface area contributed by atoms with E-state index >= 15 is 0 Å². The molecule has 0 fully saturated rings. The van der Waals surface area contributed by atoms with Gasteiger partial charge in [-0.3, -0.25) is 0 Å². The van der Waals surface area contributed by atoms with Crippen LogP contribution >= 0.6 is 0 Å². The third kappa shape index (κ3) is 3.59. The third-order valence-electron chi connectivity index (χ3n) is 4.88. The van der Waals surface area contributed by atoms with Gasteiger partial charge in [0.05, 0.1) is 0 Å². The smallest absolute Gasteiger partial charge is 0.336 e. The molecule has 0 saturated carbocycles. The van der Waals surface area contributed by atoms with Crippen LogP contribution in [0.1, 0.15) is 17.2 Å². The number of ether oxygens (including phenoxy) is 1. The highest BCUT2D eigenvalue weighted by molar-refractivity contribution is 5.81. The molecule has 0 radical (unpaired) electrons. The molecule has 0 unspecified atom stereocenters. The second-order valence-electron chi connectivity index (χ2n) is 7.02. The average molecular weight is 415 g/mol. The molecule has 0 amide bonds. The van der Waals surface area contributed by atoms with E-state index in [2.05, 4.69) is 15.4 Å². The highest BCUT2D eigenvalue weighted by Gasteiger charge is 2.22. The number of benzene rings is 2. The maximum atomic E-state index is 11.6. The molecule has 0 N–H and O–H groups in total. The molecule has 0 aliphatic rings. The summed E-state index contributed by atoms with van der Waals surface area (Å²) in [6, 6.07) is 16.4. The van der Waals surface area contributed by atoms with Crippen LogP contribution in [0.2, 0.25) is 0 Å². The Bertz CT molecular complexity index is 1430. The van der Waals surface area contributed by atoms with Gasteiger partial charge in [0.2, 0.25) is 0 Å². The molecule has 8 nitrogen and oxygen atoms in total. The van der Waals surface area contributed by atoms with Crippen LogP contribution in [-0.2, 0) is 6.61 Å². The Kier molecular flexibility index (Phi) is 4.59. The maximum absolute atomic E-state index is 11.6. The van der Waals surface area contributed by atoms with E-state index in [0.717, 1.165) is 16.5 Å². The third-order valence-corrected chi connectivity index (χ3v) is 4.88. The van der Waals surface area contributed by atoms with Crippen LogP contribution in [0.5, 0.6) is 5.75 Å². The topological polar surface area (TPSA) is 104 Å². The summed E-state index contributed by atoms with van der Waals surface area (Å²) in [6.07, 6.45) is 0. The zero-order valence-corrected chi connectivity index (χ0v) is 16.8. The van der Waals surface area contributed by atoms with Gasteiger partial charge in [-0.05, 0) is 31.5 Å². The van der Waals surface area contributed by atoms with Crippen LogP contribution in [0.3, 0.4) is 0 Å². The second-order valence-corrected chi connectivity index (χ2v) is 7.02. The van der Waals surface area contributed by atoms with Crippen LogP contribution in [-0.4, -0.2) is 15.4 Å². The minimum atomic E-state index is -0.401. The van der Waals surface area contributed by atoms with E-state index in [1.54, 1.807) is 19.1 Å². The van der Waals surface area contributed by atoms with E-state index < -0.39 is 5.63 Å². The van der Waals surface area contributed by atoms with Crippen molar-refractivity contribution < 1.29 is 18.1 Å². The van der Waals surface area contributed by atoms with Crippen LogP contribution in [0.15, 0.2) is 72.7 Å². The van der Waals surface area contributed by atoms with Crippen LogP contribution in [0.25, 0.3) is 33.7 Å². The van der Waals surface area contributed by atoms with Crippen LogP contribution in [0, 0.1) is 13.8 Å².